The quantitative estimate of drug-likeness (QED) is 0.844. The van der Waals surface area contributed by atoms with Gasteiger partial charge >= 0.3 is 5.97 Å². The second-order valence-electron chi connectivity index (χ2n) is 4.23. The third-order valence-corrected chi connectivity index (χ3v) is 2.86. The molecule has 1 saturated carbocycles. The highest BCUT2D eigenvalue weighted by atomic mass is 19.1. The van der Waals surface area contributed by atoms with Crippen LogP contribution in [0.3, 0.4) is 0 Å². The van der Waals surface area contributed by atoms with Gasteiger partial charge in [-0.2, -0.15) is 0 Å². The Balaban J connectivity index is 2.24. The van der Waals surface area contributed by atoms with Gasteiger partial charge in [-0.25, -0.2) is 18.0 Å². The maximum absolute atomic E-state index is 13.4. The van der Waals surface area contributed by atoms with Gasteiger partial charge in [0, 0.05) is 12.1 Å². The molecule has 1 aliphatic carbocycles. The Kier molecular flexibility index (Phi) is 3.45. The number of esters is 1. The summed E-state index contributed by atoms with van der Waals surface area (Å²) in [5.41, 5.74) is -0.501. The second kappa shape index (κ2) is 4.88. The van der Waals surface area contributed by atoms with Gasteiger partial charge in [0.15, 0.2) is 11.6 Å². The molecule has 98 valence electrons. The summed E-state index contributed by atoms with van der Waals surface area (Å²) in [5, 5.41) is 2.46. The van der Waals surface area contributed by atoms with E-state index in [9.17, 15) is 18.0 Å². The van der Waals surface area contributed by atoms with Crippen LogP contribution in [-0.4, -0.2) is 19.1 Å². The molecule has 0 spiro atoms. The van der Waals surface area contributed by atoms with Gasteiger partial charge in [0.25, 0.3) is 0 Å². The van der Waals surface area contributed by atoms with Crippen molar-refractivity contribution in [1.29, 1.82) is 0 Å². The largest absolute Gasteiger partial charge is 0.467 e. The molecule has 3 nitrogen and oxygen atoms in total. The van der Waals surface area contributed by atoms with Crippen LogP contribution in [0.2, 0.25) is 0 Å². The molecule has 1 aromatic rings. The molecule has 1 unspecified atom stereocenters. The fourth-order valence-corrected chi connectivity index (χ4v) is 1.76. The molecule has 0 heterocycles. The van der Waals surface area contributed by atoms with Crippen molar-refractivity contribution in [2.75, 3.05) is 12.4 Å². The van der Waals surface area contributed by atoms with Crippen molar-refractivity contribution in [3.8, 4) is 0 Å². The monoisotopic (exact) mass is 259 g/mol. The van der Waals surface area contributed by atoms with Crippen LogP contribution in [0.5, 0.6) is 0 Å². The van der Waals surface area contributed by atoms with E-state index in [2.05, 4.69) is 10.1 Å². The van der Waals surface area contributed by atoms with Crippen LogP contribution in [0.15, 0.2) is 12.1 Å². The van der Waals surface area contributed by atoms with E-state index in [4.69, 9.17) is 0 Å². The highest BCUT2D eigenvalue weighted by Gasteiger charge is 2.37. The highest BCUT2D eigenvalue weighted by Crippen LogP contribution is 2.35. The summed E-state index contributed by atoms with van der Waals surface area (Å²) < 4.78 is 44.2. The van der Waals surface area contributed by atoms with Crippen molar-refractivity contribution >= 4 is 11.7 Å². The van der Waals surface area contributed by atoms with E-state index in [1.54, 1.807) is 0 Å². The lowest BCUT2D eigenvalue weighted by molar-refractivity contribution is -0.142. The number of hydrogen-bond acceptors (Lipinski definition) is 3. The number of rotatable bonds is 4. The van der Waals surface area contributed by atoms with Gasteiger partial charge in [-0.15, -0.1) is 0 Å². The van der Waals surface area contributed by atoms with Gasteiger partial charge in [0.1, 0.15) is 17.5 Å². The highest BCUT2D eigenvalue weighted by molar-refractivity contribution is 5.80. The zero-order valence-corrected chi connectivity index (χ0v) is 9.67. The number of anilines is 1. The summed E-state index contributed by atoms with van der Waals surface area (Å²) in [6, 6.07) is 0.323. The minimum atomic E-state index is -1.07. The first kappa shape index (κ1) is 12.7. The second-order valence-corrected chi connectivity index (χ2v) is 4.23. The number of hydrogen-bond donors (Lipinski definition) is 1. The van der Waals surface area contributed by atoms with E-state index in [0.717, 1.165) is 12.8 Å². The fourth-order valence-electron chi connectivity index (χ4n) is 1.76. The molecule has 1 fully saturated rings. The van der Waals surface area contributed by atoms with E-state index in [-0.39, 0.29) is 5.92 Å². The Morgan fingerprint density at radius 3 is 2.33 bits per heavy atom. The Morgan fingerprint density at radius 1 is 1.33 bits per heavy atom. The van der Waals surface area contributed by atoms with Crippen LogP contribution in [-0.2, 0) is 9.53 Å². The van der Waals surface area contributed by atoms with E-state index in [1.165, 1.54) is 7.11 Å². The normalized spacial score (nSPS) is 16.2. The summed E-state index contributed by atoms with van der Waals surface area (Å²) in [6.07, 6.45) is 1.58. The summed E-state index contributed by atoms with van der Waals surface area (Å²) >= 11 is 0. The predicted octanol–water partition coefficient (Wildman–Crippen LogP) is 2.47. The van der Waals surface area contributed by atoms with Gasteiger partial charge < -0.3 is 10.1 Å². The molecule has 6 heteroatoms. The molecule has 0 aromatic heterocycles. The maximum Gasteiger partial charge on any atom is 0.328 e. The van der Waals surface area contributed by atoms with Crippen LogP contribution in [0, 0.1) is 23.4 Å². The van der Waals surface area contributed by atoms with E-state index in [1.807, 2.05) is 0 Å². The molecule has 1 N–H and O–H groups in total. The van der Waals surface area contributed by atoms with Crippen LogP contribution in [0.25, 0.3) is 0 Å². The summed E-state index contributed by atoms with van der Waals surface area (Å²) in [7, 11) is 1.21. The molecule has 0 amide bonds. The number of ether oxygens (including phenoxy) is 1. The topological polar surface area (TPSA) is 38.3 Å². The van der Waals surface area contributed by atoms with Crippen LogP contribution in [0.4, 0.5) is 18.9 Å². The molecular weight excluding hydrogens is 247 g/mol. The van der Waals surface area contributed by atoms with Crippen molar-refractivity contribution in [3.05, 3.63) is 29.6 Å². The lowest BCUT2D eigenvalue weighted by Crippen LogP contribution is -2.33. The standard InChI is InChI=1S/C12H12F3NO2/c1-18-12(17)10(6-2-3-6)16-11-8(14)4-7(13)5-9(11)15/h4-6,10,16H,2-3H2,1H3. The van der Waals surface area contributed by atoms with Gasteiger partial charge in [0.2, 0.25) is 0 Å². The molecule has 0 saturated heterocycles. The molecule has 1 atom stereocenters. The fraction of sp³-hybridized carbons (Fsp3) is 0.417. The van der Waals surface area contributed by atoms with Crippen molar-refractivity contribution in [1.82, 2.24) is 0 Å². The molecule has 0 aliphatic heterocycles. The third kappa shape index (κ3) is 2.57. The van der Waals surface area contributed by atoms with E-state index < -0.39 is 35.2 Å². The first-order chi connectivity index (χ1) is 8.52. The minimum absolute atomic E-state index is 0.00121. The number of carbonyl (C=O) groups excluding carboxylic acids is 1. The summed E-state index contributed by atoms with van der Waals surface area (Å²) in [5.74, 6) is -3.72. The molecule has 2 rings (SSSR count). The first-order valence-corrected chi connectivity index (χ1v) is 5.52. The number of benzene rings is 1. The molecule has 0 radical (unpaired) electrons. The van der Waals surface area contributed by atoms with Gasteiger partial charge in [-0.3, -0.25) is 0 Å². The zero-order chi connectivity index (χ0) is 13.3. The van der Waals surface area contributed by atoms with Crippen LogP contribution < -0.4 is 5.32 Å². The zero-order valence-electron chi connectivity index (χ0n) is 9.67. The number of nitrogens with one attached hydrogen (secondary N) is 1. The summed E-state index contributed by atoms with van der Waals surface area (Å²) in [4.78, 5) is 11.5. The Hall–Kier alpha value is -1.72. The Bertz CT molecular complexity index is 451. The van der Waals surface area contributed by atoms with E-state index in [0.29, 0.717) is 12.1 Å². The van der Waals surface area contributed by atoms with Gasteiger partial charge in [-0.1, -0.05) is 0 Å². The molecular formula is C12H12F3NO2. The Morgan fingerprint density at radius 2 is 1.89 bits per heavy atom. The third-order valence-electron chi connectivity index (χ3n) is 2.86. The van der Waals surface area contributed by atoms with Crippen LogP contribution in [0.1, 0.15) is 12.8 Å². The Labute approximate surface area is 102 Å². The van der Waals surface area contributed by atoms with Gasteiger partial charge in [0.05, 0.1) is 7.11 Å². The van der Waals surface area contributed by atoms with Crippen molar-refractivity contribution < 1.29 is 22.7 Å². The number of methoxy groups -OCH3 is 1. The summed E-state index contributed by atoms with van der Waals surface area (Å²) in [6.45, 7) is 0. The number of carbonyl (C=O) groups is 1. The van der Waals surface area contributed by atoms with Crippen LogP contribution >= 0.6 is 0 Å². The molecule has 18 heavy (non-hydrogen) atoms. The number of halogens is 3. The average molecular weight is 259 g/mol. The molecule has 0 bridgehead atoms. The lowest BCUT2D eigenvalue weighted by atomic mass is 10.1. The first-order valence-electron chi connectivity index (χ1n) is 5.52. The van der Waals surface area contributed by atoms with Crippen molar-refractivity contribution in [2.45, 2.75) is 18.9 Å². The molecule has 1 aliphatic rings. The SMILES string of the molecule is COC(=O)C(Nc1c(F)cc(F)cc1F)C1CC1. The average Bonchev–Trinajstić information content (AvgIpc) is 3.11. The smallest absolute Gasteiger partial charge is 0.328 e. The van der Waals surface area contributed by atoms with E-state index >= 15 is 0 Å². The predicted molar refractivity (Wildman–Crippen MR) is 58.5 cm³/mol. The molecule has 1 aromatic carbocycles. The maximum atomic E-state index is 13.4. The van der Waals surface area contributed by atoms with Gasteiger partial charge in [-0.05, 0) is 18.8 Å². The van der Waals surface area contributed by atoms with Crippen molar-refractivity contribution in [2.24, 2.45) is 5.92 Å². The lowest BCUT2D eigenvalue weighted by Gasteiger charge is -2.17. The van der Waals surface area contributed by atoms with Crippen molar-refractivity contribution in [3.63, 3.8) is 0 Å². The minimum Gasteiger partial charge on any atom is -0.467 e.